The van der Waals surface area contributed by atoms with Gasteiger partial charge in [-0.15, -0.1) is 0 Å². The van der Waals surface area contributed by atoms with Gasteiger partial charge in [0.1, 0.15) is 5.75 Å². The Labute approximate surface area is 179 Å². The van der Waals surface area contributed by atoms with Crippen LogP contribution in [0.1, 0.15) is 40.2 Å². The number of aromatic nitrogens is 1. The number of aryl methyl sites for hydroxylation is 1. The van der Waals surface area contributed by atoms with Crippen molar-refractivity contribution in [3.05, 3.63) is 58.2 Å². The number of fused-ring (bicyclic) bond motifs is 1. The normalized spacial score (nSPS) is 14.6. The standard InChI is InChI=1S/C23H23ClN2O4/c1-13-9-16(29-2)11-18(23(27)28)21(13)26-22-17-10-15(24)3-4-20(17)25-12-19(22)14-5-7-30-8-6-14/h3-4,9-12,14H,5-8H2,1-2H3,(H,25,26)(H,27,28). The Morgan fingerprint density at radius 1 is 1.23 bits per heavy atom. The van der Waals surface area contributed by atoms with Crippen molar-refractivity contribution in [3.63, 3.8) is 0 Å². The molecule has 3 aromatic rings. The van der Waals surface area contributed by atoms with Gasteiger partial charge in [-0.2, -0.15) is 0 Å². The number of methoxy groups -OCH3 is 1. The monoisotopic (exact) mass is 426 g/mol. The Hall–Kier alpha value is -2.83. The zero-order chi connectivity index (χ0) is 21.3. The first-order valence-corrected chi connectivity index (χ1v) is 10.2. The quantitative estimate of drug-likeness (QED) is 0.557. The van der Waals surface area contributed by atoms with Crippen LogP contribution in [0.2, 0.25) is 5.02 Å². The van der Waals surface area contributed by atoms with Crippen molar-refractivity contribution in [2.24, 2.45) is 0 Å². The molecular formula is C23H23ClN2O4. The minimum Gasteiger partial charge on any atom is -0.497 e. The Morgan fingerprint density at radius 3 is 2.70 bits per heavy atom. The van der Waals surface area contributed by atoms with Gasteiger partial charge in [0.25, 0.3) is 0 Å². The Kier molecular flexibility index (Phi) is 5.79. The lowest BCUT2D eigenvalue weighted by Crippen LogP contribution is -2.16. The van der Waals surface area contributed by atoms with Crippen LogP contribution in [0.4, 0.5) is 11.4 Å². The van der Waals surface area contributed by atoms with Crippen molar-refractivity contribution in [3.8, 4) is 5.75 Å². The molecule has 1 aromatic heterocycles. The number of nitrogens with zero attached hydrogens (tertiary/aromatic N) is 1. The third-order valence-corrected chi connectivity index (χ3v) is 5.78. The molecule has 1 saturated heterocycles. The molecule has 0 bridgehead atoms. The first-order valence-electron chi connectivity index (χ1n) is 9.82. The number of rotatable bonds is 5. The highest BCUT2D eigenvalue weighted by Gasteiger charge is 2.23. The minimum absolute atomic E-state index is 0.150. The van der Waals surface area contributed by atoms with E-state index in [1.54, 1.807) is 6.07 Å². The molecule has 0 saturated carbocycles. The summed E-state index contributed by atoms with van der Waals surface area (Å²) < 4.78 is 10.8. The predicted molar refractivity (Wildman–Crippen MR) is 118 cm³/mol. The van der Waals surface area contributed by atoms with Crippen LogP contribution in [0.15, 0.2) is 36.5 Å². The molecular weight excluding hydrogens is 404 g/mol. The summed E-state index contributed by atoms with van der Waals surface area (Å²) in [5.41, 5.74) is 4.13. The van der Waals surface area contributed by atoms with E-state index in [0.29, 0.717) is 29.7 Å². The van der Waals surface area contributed by atoms with E-state index >= 15 is 0 Å². The van der Waals surface area contributed by atoms with E-state index in [4.69, 9.17) is 21.1 Å². The summed E-state index contributed by atoms with van der Waals surface area (Å²) in [4.78, 5) is 16.6. The number of anilines is 2. The van der Waals surface area contributed by atoms with E-state index < -0.39 is 5.97 Å². The number of aromatic carboxylic acids is 1. The molecule has 2 heterocycles. The summed E-state index contributed by atoms with van der Waals surface area (Å²) in [6, 6.07) is 8.89. The van der Waals surface area contributed by atoms with Gasteiger partial charge >= 0.3 is 5.97 Å². The second-order valence-electron chi connectivity index (χ2n) is 7.43. The number of nitrogens with one attached hydrogen (secondary N) is 1. The zero-order valence-corrected chi connectivity index (χ0v) is 17.6. The second-order valence-corrected chi connectivity index (χ2v) is 7.87. The molecule has 30 heavy (non-hydrogen) atoms. The fraction of sp³-hybridized carbons (Fsp3) is 0.304. The van der Waals surface area contributed by atoms with Crippen LogP contribution >= 0.6 is 11.6 Å². The number of hydrogen-bond donors (Lipinski definition) is 2. The molecule has 2 N–H and O–H groups in total. The van der Waals surface area contributed by atoms with E-state index in [1.165, 1.54) is 13.2 Å². The molecule has 0 atom stereocenters. The molecule has 156 valence electrons. The first kappa shape index (κ1) is 20.4. The number of hydrogen-bond acceptors (Lipinski definition) is 5. The topological polar surface area (TPSA) is 80.7 Å². The predicted octanol–water partition coefficient (Wildman–Crippen LogP) is 5.54. The van der Waals surface area contributed by atoms with Gasteiger partial charge in [-0.25, -0.2) is 4.79 Å². The number of ether oxygens (including phenoxy) is 2. The van der Waals surface area contributed by atoms with E-state index in [2.05, 4.69) is 10.3 Å². The molecule has 0 spiro atoms. The smallest absolute Gasteiger partial charge is 0.337 e. The highest BCUT2D eigenvalue weighted by molar-refractivity contribution is 6.31. The second kappa shape index (κ2) is 8.50. The SMILES string of the molecule is COc1cc(C)c(Nc2c(C3CCOCC3)cnc3ccc(Cl)cc23)c(C(=O)O)c1. The summed E-state index contributed by atoms with van der Waals surface area (Å²) >= 11 is 6.30. The van der Waals surface area contributed by atoms with E-state index in [-0.39, 0.29) is 11.5 Å². The Bertz CT molecular complexity index is 1110. The fourth-order valence-electron chi connectivity index (χ4n) is 3.97. The highest BCUT2D eigenvalue weighted by atomic mass is 35.5. The van der Waals surface area contributed by atoms with Gasteiger partial charge in [-0.05, 0) is 67.1 Å². The summed E-state index contributed by atoms with van der Waals surface area (Å²) in [5.74, 6) is -0.254. The molecule has 6 nitrogen and oxygen atoms in total. The van der Waals surface area contributed by atoms with E-state index in [0.717, 1.165) is 40.6 Å². The maximum atomic E-state index is 12.0. The van der Waals surface area contributed by atoms with Crippen molar-refractivity contribution < 1.29 is 19.4 Å². The van der Waals surface area contributed by atoms with Gasteiger partial charge < -0.3 is 19.9 Å². The van der Waals surface area contributed by atoms with E-state index in [9.17, 15) is 9.90 Å². The summed E-state index contributed by atoms with van der Waals surface area (Å²) in [6.07, 6.45) is 3.65. The maximum Gasteiger partial charge on any atom is 0.337 e. The van der Waals surface area contributed by atoms with Crippen LogP contribution in [0.25, 0.3) is 10.9 Å². The third-order valence-electron chi connectivity index (χ3n) is 5.55. The van der Waals surface area contributed by atoms with Crippen LogP contribution in [0.3, 0.4) is 0 Å². The summed E-state index contributed by atoms with van der Waals surface area (Å²) in [6.45, 7) is 3.25. The summed E-state index contributed by atoms with van der Waals surface area (Å²) in [5, 5.41) is 14.7. The molecule has 7 heteroatoms. The van der Waals surface area contributed by atoms with Gasteiger partial charge in [0, 0.05) is 29.8 Å². The molecule has 4 rings (SSSR count). The highest BCUT2D eigenvalue weighted by Crippen LogP contribution is 2.40. The summed E-state index contributed by atoms with van der Waals surface area (Å²) in [7, 11) is 1.52. The fourth-order valence-corrected chi connectivity index (χ4v) is 4.14. The van der Waals surface area contributed by atoms with Crippen LogP contribution in [-0.4, -0.2) is 36.4 Å². The van der Waals surface area contributed by atoms with Gasteiger partial charge in [0.05, 0.1) is 29.6 Å². The number of benzene rings is 2. The molecule has 1 fully saturated rings. The first-order chi connectivity index (χ1) is 14.5. The van der Waals surface area contributed by atoms with Crippen LogP contribution in [-0.2, 0) is 4.74 Å². The molecule has 2 aromatic carbocycles. The van der Waals surface area contributed by atoms with Gasteiger partial charge in [-0.1, -0.05) is 11.6 Å². The van der Waals surface area contributed by atoms with Crippen LogP contribution < -0.4 is 10.1 Å². The largest absolute Gasteiger partial charge is 0.497 e. The van der Waals surface area contributed by atoms with Crippen molar-refractivity contribution in [2.75, 3.05) is 25.6 Å². The lowest BCUT2D eigenvalue weighted by atomic mass is 9.90. The molecule has 0 amide bonds. The lowest BCUT2D eigenvalue weighted by molar-refractivity contribution is 0.0697. The third kappa shape index (κ3) is 3.93. The number of carboxylic acids is 1. The molecule has 1 aliphatic heterocycles. The molecule has 0 unspecified atom stereocenters. The van der Waals surface area contributed by atoms with Crippen molar-refractivity contribution >= 4 is 39.8 Å². The van der Waals surface area contributed by atoms with Crippen molar-refractivity contribution in [1.82, 2.24) is 4.98 Å². The number of carboxylic acid groups (broad SMARTS) is 1. The van der Waals surface area contributed by atoms with Crippen LogP contribution in [0.5, 0.6) is 5.75 Å². The van der Waals surface area contributed by atoms with Crippen molar-refractivity contribution in [1.29, 1.82) is 0 Å². The number of pyridine rings is 1. The number of halogens is 1. The maximum absolute atomic E-state index is 12.0. The molecule has 0 radical (unpaired) electrons. The lowest BCUT2D eigenvalue weighted by Gasteiger charge is -2.26. The average Bonchev–Trinajstić information content (AvgIpc) is 2.75. The van der Waals surface area contributed by atoms with Gasteiger partial charge in [0.2, 0.25) is 0 Å². The average molecular weight is 427 g/mol. The zero-order valence-electron chi connectivity index (χ0n) is 16.9. The molecule has 1 aliphatic rings. The van der Waals surface area contributed by atoms with E-state index in [1.807, 2.05) is 31.3 Å². The van der Waals surface area contributed by atoms with Crippen LogP contribution in [0, 0.1) is 6.92 Å². The van der Waals surface area contributed by atoms with Gasteiger partial charge in [0.15, 0.2) is 0 Å². The minimum atomic E-state index is -1.02. The Morgan fingerprint density at radius 2 is 2.00 bits per heavy atom. The molecule has 0 aliphatic carbocycles. The Balaban J connectivity index is 1.91. The number of carbonyl (C=O) groups is 1. The van der Waals surface area contributed by atoms with Gasteiger partial charge in [-0.3, -0.25) is 4.98 Å². The van der Waals surface area contributed by atoms with Crippen molar-refractivity contribution in [2.45, 2.75) is 25.7 Å².